The second kappa shape index (κ2) is 11.5. The Morgan fingerprint density at radius 1 is 1.21 bits per heavy atom. The molecule has 0 saturated heterocycles. The van der Waals surface area contributed by atoms with E-state index in [2.05, 4.69) is 66.2 Å². The van der Waals surface area contributed by atoms with Crippen LogP contribution in [0.5, 0.6) is 0 Å². The molecular weight excluding hydrogens is 493 g/mol. The van der Waals surface area contributed by atoms with Crippen LogP contribution in [-0.4, -0.2) is 48.6 Å². The van der Waals surface area contributed by atoms with E-state index >= 15 is 0 Å². The third-order valence-corrected chi connectivity index (χ3v) is 7.68. The predicted octanol–water partition coefficient (Wildman–Crippen LogP) is 3.86. The standard InChI is InChI=1S/C29H37F3N4O2/c1-28(2,3)20-5-4-6-21(12-20)29(8-7-24-19(14-29)16-34-36-24)33-17-26(37)25(35-27(38)15-30)11-18-9-22(31)13-23(32)10-18/h4-6,9-10,12-13,19,25-26,33-34,37H,7-8,11,14-17H2,1-3H3,(H,35,38). The molecule has 1 heterocycles. The van der Waals surface area contributed by atoms with Crippen molar-refractivity contribution in [3.05, 3.63) is 70.8 Å². The van der Waals surface area contributed by atoms with Crippen molar-refractivity contribution in [2.75, 3.05) is 19.8 Å². The Hall–Kier alpha value is -2.91. The summed E-state index contributed by atoms with van der Waals surface area (Å²) in [6.45, 7) is 6.07. The Balaban J connectivity index is 1.59. The summed E-state index contributed by atoms with van der Waals surface area (Å²) in [5.74, 6) is -2.16. The van der Waals surface area contributed by atoms with Crippen LogP contribution in [0.3, 0.4) is 0 Å². The Morgan fingerprint density at radius 2 is 1.95 bits per heavy atom. The van der Waals surface area contributed by atoms with Crippen LogP contribution in [0.4, 0.5) is 13.2 Å². The highest BCUT2D eigenvalue weighted by Gasteiger charge is 2.42. The number of halogens is 3. The fourth-order valence-corrected chi connectivity index (χ4v) is 5.54. The molecule has 1 fully saturated rings. The lowest BCUT2D eigenvalue weighted by Gasteiger charge is -2.43. The summed E-state index contributed by atoms with van der Waals surface area (Å²) in [5.41, 5.74) is 6.31. The zero-order chi connectivity index (χ0) is 27.5. The molecular formula is C29H37F3N4O2. The number of hydrazone groups is 1. The molecule has 9 heteroatoms. The number of aliphatic hydroxyl groups excluding tert-OH is 1. The molecule has 0 spiro atoms. The molecule has 1 aliphatic carbocycles. The van der Waals surface area contributed by atoms with Crippen molar-refractivity contribution in [2.24, 2.45) is 11.0 Å². The molecule has 1 amide bonds. The minimum atomic E-state index is -1.26. The number of aliphatic hydroxyl groups is 1. The number of hydrogen-bond acceptors (Lipinski definition) is 5. The quantitative estimate of drug-likeness (QED) is 0.397. The maximum atomic E-state index is 13.8. The molecule has 2 aliphatic rings. The Bertz CT molecular complexity index is 1160. The van der Waals surface area contributed by atoms with Gasteiger partial charge in [-0.25, -0.2) is 13.2 Å². The molecule has 4 N–H and O–H groups in total. The molecule has 0 bridgehead atoms. The first-order valence-electron chi connectivity index (χ1n) is 13.1. The predicted molar refractivity (Wildman–Crippen MR) is 142 cm³/mol. The number of carbonyl (C=O) groups excluding carboxylic acids is 1. The van der Waals surface area contributed by atoms with E-state index in [1.165, 1.54) is 5.56 Å². The van der Waals surface area contributed by atoms with E-state index in [0.29, 0.717) is 0 Å². The lowest BCUT2D eigenvalue weighted by molar-refractivity contribution is -0.123. The van der Waals surface area contributed by atoms with E-state index in [1.54, 1.807) is 0 Å². The number of hydrogen-bond donors (Lipinski definition) is 4. The molecule has 4 unspecified atom stereocenters. The molecule has 4 rings (SSSR count). The minimum Gasteiger partial charge on any atom is -0.390 e. The summed E-state index contributed by atoms with van der Waals surface area (Å²) in [7, 11) is 0. The van der Waals surface area contributed by atoms with E-state index in [-0.39, 0.29) is 29.9 Å². The lowest BCUT2D eigenvalue weighted by atomic mass is 9.70. The second-order valence-electron chi connectivity index (χ2n) is 11.5. The van der Waals surface area contributed by atoms with Gasteiger partial charge in [0, 0.05) is 36.3 Å². The second-order valence-corrected chi connectivity index (χ2v) is 11.5. The van der Waals surface area contributed by atoms with Gasteiger partial charge >= 0.3 is 0 Å². The summed E-state index contributed by atoms with van der Waals surface area (Å²) in [4.78, 5) is 11.9. The van der Waals surface area contributed by atoms with Crippen molar-refractivity contribution in [3.63, 3.8) is 0 Å². The highest BCUT2D eigenvalue weighted by Crippen LogP contribution is 2.41. The van der Waals surface area contributed by atoms with Gasteiger partial charge in [0.25, 0.3) is 5.91 Å². The van der Waals surface area contributed by atoms with Gasteiger partial charge in [-0.2, -0.15) is 5.10 Å². The number of carbonyl (C=O) groups is 1. The van der Waals surface area contributed by atoms with Crippen molar-refractivity contribution in [1.82, 2.24) is 16.1 Å². The maximum Gasteiger partial charge on any atom is 0.251 e. The number of benzene rings is 2. The highest BCUT2D eigenvalue weighted by atomic mass is 19.1. The van der Waals surface area contributed by atoms with Gasteiger partial charge in [-0.05, 0) is 59.9 Å². The van der Waals surface area contributed by atoms with E-state index in [4.69, 9.17) is 0 Å². The number of amides is 1. The van der Waals surface area contributed by atoms with E-state index < -0.39 is 41.9 Å². The average Bonchev–Trinajstić information content (AvgIpc) is 3.33. The molecule has 0 radical (unpaired) electrons. The van der Waals surface area contributed by atoms with Gasteiger partial charge in [0.05, 0.1) is 12.1 Å². The highest BCUT2D eigenvalue weighted by molar-refractivity contribution is 5.89. The van der Waals surface area contributed by atoms with Crippen LogP contribution in [0.2, 0.25) is 0 Å². The summed E-state index contributed by atoms with van der Waals surface area (Å²) in [6, 6.07) is 10.6. The van der Waals surface area contributed by atoms with Gasteiger partial charge in [-0.3, -0.25) is 4.79 Å². The van der Waals surface area contributed by atoms with Gasteiger partial charge in [-0.1, -0.05) is 45.0 Å². The number of nitrogens with zero attached hydrogens (tertiary/aromatic N) is 1. The third kappa shape index (κ3) is 6.56. The molecule has 0 aromatic heterocycles. The zero-order valence-electron chi connectivity index (χ0n) is 22.2. The van der Waals surface area contributed by atoms with Crippen molar-refractivity contribution >= 4 is 11.6 Å². The maximum absolute atomic E-state index is 13.8. The van der Waals surface area contributed by atoms with Crippen molar-refractivity contribution < 1.29 is 23.1 Å². The topological polar surface area (TPSA) is 85.8 Å². The number of alkyl halides is 1. The van der Waals surface area contributed by atoms with Crippen LogP contribution in [-0.2, 0) is 22.2 Å². The van der Waals surface area contributed by atoms with Crippen molar-refractivity contribution in [1.29, 1.82) is 0 Å². The van der Waals surface area contributed by atoms with E-state index in [0.717, 1.165) is 55.3 Å². The van der Waals surface area contributed by atoms with E-state index in [9.17, 15) is 23.1 Å². The van der Waals surface area contributed by atoms with Crippen LogP contribution in [0.25, 0.3) is 0 Å². The summed E-state index contributed by atoms with van der Waals surface area (Å²) in [6.07, 6.45) is 1.14. The fourth-order valence-electron chi connectivity index (χ4n) is 5.54. The van der Waals surface area contributed by atoms with Crippen LogP contribution >= 0.6 is 0 Å². The van der Waals surface area contributed by atoms with Gasteiger partial charge in [-0.15, -0.1) is 0 Å². The minimum absolute atomic E-state index is 0.0467. The van der Waals surface area contributed by atoms with Crippen LogP contribution in [0.1, 0.15) is 56.7 Å². The fraction of sp³-hybridized carbons (Fsp3) is 0.517. The number of nitrogens with one attached hydrogen (secondary N) is 3. The molecule has 1 saturated carbocycles. The van der Waals surface area contributed by atoms with Crippen LogP contribution < -0.4 is 16.1 Å². The first-order chi connectivity index (χ1) is 18.0. The first-order valence-corrected chi connectivity index (χ1v) is 13.1. The van der Waals surface area contributed by atoms with Crippen LogP contribution in [0, 0.1) is 17.6 Å². The van der Waals surface area contributed by atoms with Crippen LogP contribution in [0.15, 0.2) is 47.6 Å². The summed E-state index contributed by atoms with van der Waals surface area (Å²) in [5, 5.41) is 21.7. The molecule has 6 nitrogen and oxygen atoms in total. The summed E-state index contributed by atoms with van der Waals surface area (Å²) < 4.78 is 40.6. The van der Waals surface area contributed by atoms with Gasteiger partial charge in [0.15, 0.2) is 6.67 Å². The monoisotopic (exact) mass is 530 g/mol. The molecule has 4 atom stereocenters. The smallest absolute Gasteiger partial charge is 0.251 e. The lowest BCUT2D eigenvalue weighted by Crippen LogP contribution is -2.55. The Morgan fingerprint density at radius 3 is 2.63 bits per heavy atom. The molecule has 1 aliphatic heterocycles. The Labute approximate surface area is 222 Å². The number of rotatable bonds is 9. The largest absolute Gasteiger partial charge is 0.390 e. The van der Waals surface area contributed by atoms with Crippen molar-refractivity contribution in [2.45, 2.75) is 69.6 Å². The zero-order valence-corrected chi connectivity index (χ0v) is 22.2. The number of fused-ring (bicyclic) bond motifs is 1. The Kier molecular flexibility index (Phi) is 8.47. The molecule has 206 valence electrons. The van der Waals surface area contributed by atoms with Gasteiger partial charge < -0.3 is 21.2 Å². The van der Waals surface area contributed by atoms with Gasteiger partial charge in [0.1, 0.15) is 11.6 Å². The third-order valence-electron chi connectivity index (χ3n) is 7.68. The first kappa shape index (κ1) is 28.1. The molecule has 2 aromatic rings. The molecule has 38 heavy (non-hydrogen) atoms. The average molecular weight is 531 g/mol. The normalized spacial score (nSPS) is 22.7. The van der Waals surface area contributed by atoms with E-state index in [1.807, 2.05) is 0 Å². The SMILES string of the molecule is CC(C)(C)c1cccc(C2(NCC(O)C(Cc3cc(F)cc(F)c3)NC(=O)CF)CCC3=NNCC3C2)c1. The summed E-state index contributed by atoms with van der Waals surface area (Å²) >= 11 is 0. The van der Waals surface area contributed by atoms with Gasteiger partial charge in [0.2, 0.25) is 0 Å². The van der Waals surface area contributed by atoms with Crippen molar-refractivity contribution in [3.8, 4) is 0 Å². The molecule has 2 aromatic carbocycles.